The fraction of sp³-hybridized carbons (Fsp3) is 0.800. The van der Waals surface area contributed by atoms with Gasteiger partial charge in [-0.2, -0.15) is 4.98 Å². The van der Waals surface area contributed by atoms with E-state index < -0.39 is 0 Å². The Labute approximate surface area is 89.1 Å². The third kappa shape index (κ3) is 2.76. The van der Waals surface area contributed by atoms with E-state index in [9.17, 15) is 5.11 Å². The van der Waals surface area contributed by atoms with Gasteiger partial charge >= 0.3 is 0 Å². The molecular formula is C10H17N3O2. The lowest BCUT2D eigenvalue weighted by Gasteiger charge is -2.10. The lowest BCUT2D eigenvalue weighted by Crippen LogP contribution is -2.21. The summed E-state index contributed by atoms with van der Waals surface area (Å²) < 4.78 is 5.13. The summed E-state index contributed by atoms with van der Waals surface area (Å²) in [4.78, 5) is 6.42. The van der Waals surface area contributed by atoms with Crippen LogP contribution in [0.5, 0.6) is 0 Å². The SMILES string of the molecule is CCCc1noc(CN2CC[C@@H](O)C2)n1. The summed E-state index contributed by atoms with van der Waals surface area (Å²) in [6.45, 7) is 4.37. The van der Waals surface area contributed by atoms with Gasteiger partial charge in [0.15, 0.2) is 5.82 Å². The van der Waals surface area contributed by atoms with Gasteiger partial charge in [-0.1, -0.05) is 12.1 Å². The molecule has 84 valence electrons. The van der Waals surface area contributed by atoms with Crippen LogP contribution < -0.4 is 0 Å². The van der Waals surface area contributed by atoms with Crippen molar-refractivity contribution in [3.05, 3.63) is 11.7 Å². The van der Waals surface area contributed by atoms with Crippen LogP contribution in [-0.2, 0) is 13.0 Å². The second-order valence-corrected chi connectivity index (χ2v) is 4.03. The first-order chi connectivity index (χ1) is 7.28. The molecule has 0 aromatic carbocycles. The lowest BCUT2D eigenvalue weighted by molar-refractivity contribution is 0.169. The summed E-state index contributed by atoms with van der Waals surface area (Å²) in [6, 6.07) is 0. The Morgan fingerprint density at radius 3 is 3.13 bits per heavy atom. The van der Waals surface area contributed by atoms with E-state index in [1.807, 2.05) is 0 Å². The molecule has 0 unspecified atom stereocenters. The zero-order valence-corrected chi connectivity index (χ0v) is 9.02. The maximum absolute atomic E-state index is 9.36. The molecule has 1 saturated heterocycles. The Kier molecular flexibility index (Phi) is 3.33. The van der Waals surface area contributed by atoms with Crippen molar-refractivity contribution in [2.24, 2.45) is 0 Å². The normalized spacial score (nSPS) is 22.4. The second-order valence-electron chi connectivity index (χ2n) is 4.03. The third-order valence-corrected chi connectivity index (χ3v) is 2.59. The van der Waals surface area contributed by atoms with Crippen molar-refractivity contribution < 1.29 is 9.63 Å². The molecule has 1 N–H and O–H groups in total. The summed E-state index contributed by atoms with van der Waals surface area (Å²) in [7, 11) is 0. The van der Waals surface area contributed by atoms with Gasteiger partial charge in [-0.25, -0.2) is 0 Å². The summed E-state index contributed by atoms with van der Waals surface area (Å²) in [5.41, 5.74) is 0. The van der Waals surface area contributed by atoms with Crippen LogP contribution in [0.15, 0.2) is 4.52 Å². The van der Waals surface area contributed by atoms with E-state index in [0.29, 0.717) is 19.0 Å². The molecule has 5 heteroatoms. The average Bonchev–Trinajstić information content (AvgIpc) is 2.78. The fourth-order valence-electron chi connectivity index (χ4n) is 1.83. The number of aliphatic hydroxyl groups is 1. The van der Waals surface area contributed by atoms with E-state index in [1.165, 1.54) is 0 Å². The van der Waals surface area contributed by atoms with Crippen molar-refractivity contribution >= 4 is 0 Å². The van der Waals surface area contributed by atoms with Gasteiger partial charge in [0.25, 0.3) is 0 Å². The number of hydrogen-bond acceptors (Lipinski definition) is 5. The minimum absolute atomic E-state index is 0.192. The molecule has 0 aliphatic carbocycles. The standard InChI is InChI=1S/C10H17N3O2/c1-2-3-9-11-10(15-12-9)7-13-5-4-8(14)6-13/h8,14H,2-7H2,1H3/t8-/m1/s1. The number of rotatable bonds is 4. The Hall–Kier alpha value is -0.940. The second kappa shape index (κ2) is 4.72. The largest absolute Gasteiger partial charge is 0.392 e. The van der Waals surface area contributed by atoms with Gasteiger partial charge in [-0.05, 0) is 12.8 Å². The molecule has 0 spiro atoms. The van der Waals surface area contributed by atoms with Crippen LogP contribution in [0.2, 0.25) is 0 Å². The smallest absolute Gasteiger partial charge is 0.240 e. The van der Waals surface area contributed by atoms with Crippen molar-refractivity contribution in [2.45, 2.75) is 38.8 Å². The summed E-state index contributed by atoms with van der Waals surface area (Å²) in [6.07, 6.45) is 2.55. The molecule has 1 fully saturated rings. The molecule has 0 amide bonds. The number of hydrogen-bond donors (Lipinski definition) is 1. The van der Waals surface area contributed by atoms with Crippen LogP contribution >= 0.6 is 0 Å². The highest BCUT2D eigenvalue weighted by molar-refractivity contribution is 4.87. The summed E-state index contributed by atoms with van der Waals surface area (Å²) in [5, 5.41) is 13.3. The van der Waals surface area contributed by atoms with E-state index in [2.05, 4.69) is 22.0 Å². The molecule has 5 nitrogen and oxygen atoms in total. The molecule has 2 rings (SSSR count). The van der Waals surface area contributed by atoms with E-state index in [0.717, 1.165) is 31.6 Å². The highest BCUT2D eigenvalue weighted by Crippen LogP contribution is 2.12. The Bertz CT molecular complexity index is 313. The molecule has 0 saturated carbocycles. The van der Waals surface area contributed by atoms with Gasteiger partial charge in [0.1, 0.15) is 0 Å². The first-order valence-corrected chi connectivity index (χ1v) is 5.50. The van der Waals surface area contributed by atoms with Crippen LogP contribution in [0, 0.1) is 0 Å². The quantitative estimate of drug-likeness (QED) is 0.789. The van der Waals surface area contributed by atoms with Crippen molar-refractivity contribution in [3.63, 3.8) is 0 Å². The van der Waals surface area contributed by atoms with Crippen molar-refractivity contribution in [1.82, 2.24) is 15.0 Å². The van der Waals surface area contributed by atoms with Gasteiger partial charge in [0.05, 0.1) is 12.6 Å². The number of aliphatic hydroxyl groups excluding tert-OH is 1. The molecule has 1 aliphatic heterocycles. The van der Waals surface area contributed by atoms with Crippen molar-refractivity contribution in [2.75, 3.05) is 13.1 Å². The minimum Gasteiger partial charge on any atom is -0.392 e. The van der Waals surface area contributed by atoms with Crippen LogP contribution in [0.3, 0.4) is 0 Å². The monoisotopic (exact) mass is 211 g/mol. The maximum Gasteiger partial charge on any atom is 0.240 e. The van der Waals surface area contributed by atoms with E-state index in [-0.39, 0.29) is 6.10 Å². The van der Waals surface area contributed by atoms with Gasteiger partial charge in [-0.3, -0.25) is 4.90 Å². The molecular weight excluding hydrogens is 194 g/mol. The predicted molar refractivity (Wildman–Crippen MR) is 54.2 cm³/mol. The fourth-order valence-corrected chi connectivity index (χ4v) is 1.83. The minimum atomic E-state index is -0.192. The Morgan fingerprint density at radius 2 is 2.47 bits per heavy atom. The lowest BCUT2D eigenvalue weighted by atomic mass is 10.3. The number of β-amino-alcohol motifs (C(OH)–C–C–N with tert-alkyl or cyclic N) is 1. The number of aromatic nitrogens is 2. The van der Waals surface area contributed by atoms with E-state index >= 15 is 0 Å². The number of likely N-dealkylation sites (tertiary alicyclic amines) is 1. The Morgan fingerprint density at radius 1 is 1.60 bits per heavy atom. The zero-order chi connectivity index (χ0) is 10.7. The van der Waals surface area contributed by atoms with Gasteiger partial charge in [0, 0.05) is 19.5 Å². The topological polar surface area (TPSA) is 62.4 Å². The zero-order valence-electron chi connectivity index (χ0n) is 9.02. The summed E-state index contributed by atoms with van der Waals surface area (Å²) in [5.74, 6) is 1.44. The molecule has 1 aromatic rings. The maximum atomic E-state index is 9.36. The molecule has 1 aromatic heterocycles. The molecule has 2 heterocycles. The first kappa shape index (κ1) is 10.6. The molecule has 1 aliphatic rings. The van der Waals surface area contributed by atoms with Crippen molar-refractivity contribution in [3.8, 4) is 0 Å². The van der Waals surface area contributed by atoms with Crippen LogP contribution in [0.25, 0.3) is 0 Å². The molecule has 15 heavy (non-hydrogen) atoms. The molecule has 1 atom stereocenters. The van der Waals surface area contributed by atoms with Crippen LogP contribution in [0.1, 0.15) is 31.5 Å². The van der Waals surface area contributed by atoms with Gasteiger partial charge in [0.2, 0.25) is 5.89 Å². The predicted octanol–water partition coefficient (Wildman–Crippen LogP) is 0.589. The van der Waals surface area contributed by atoms with Gasteiger partial charge in [-0.15, -0.1) is 0 Å². The Balaban J connectivity index is 1.87. The molecule has 0 bridgehead atoms. The van der Waals surface area contributed by atoms with E-state index in [4.69, 9.17) is 4.52 Å². The van der Waals surface area contributed by atoms with Crippen LogP contribution in [0.4, 0.5) is 0 Å². The number of aryl methyl sites for hydroxylation is 1. The van der Waals surface area contributed by atoms with Crippen LogP contribution in [-0.4, -0.2) is 39.3 Å². The van der Waals surface area contributed by atoms with E-state index in [1.54, 1.807) is 0 Å². The van der Waals surface area contributed by atoms with Crippen molar-refractivity contribution in [1.29, 1.82) is 0 Å². The number of nitrogens with zero attached hydrogens (tertiary/aromatic N) is 3. The highest BCUT2D eigenvalue weighted by Gasteiger charge is 2.21. The highest BCUT2D eigenvalue weighted by atomic mass is 16.5. The molecule has 0 radical (unpaired) electrons. The first-order valence-electron chi connectivity index (χ1n) is 5.50. The average molecular weight is 211 g/mol. The summed E-state index contributed by atoms with van der Waals surface area (Å²) >= 11 is 0. The van der Waals surface area contributed by atoms with Gasteiger partial charge < -0.3 is 9.63 Å². The third-order valence-electron chi connectivity index (χ3n) is 2.59.